The van der Waals surface area contributed by atoms with Crippen LogP contribution in [-0.4, -0.2) is 23.0 Å². The molecule has 0 spiro atoms. The number of rotatable bonds is 2. The van der Waals surface area contributed by atoms with Crippen LogP contribution >= 0.6 is 23.1 Å². The highest BCUT2D eigenvalue weighted by atomic mass is 32.2. The summed E-state index contributed by atoms with van der Waals surface area (Å²) in [4.78, 5) is 14.6. The highest BCUT2D eigenvalue weighted by molar-refractivity contribution is 7.99. The van der Waals surface area contributed by atoms with Crippen molar-refractivity contribution in [2.45, 2.75) is 24.8 Å². The third-order valence-corrected chi connectivity index (χ3v) is 6.95. The van der Waals surface area contributed by atoms with E-state index in [1.807, 2.05) is 12.1 Å². The van der Waals surface area contributed by atoms with E-state index in [1.165, 1.54) is 21.6 Å². The lowest BCUT2D eigenvalue weighted by Gasteiger charge is -2.20. The number of aryl methyl sites for hydroxylation is 2. The standard InChI is InChI=1S/C18H16N2OS2/c19-10-18(7-8-22-11-18)20-17(21)15-9-13-6-5-12-3-1-2-4-14(12)16(13)23-15/h1-4,9H,5-8,11H2,(H,20,21)/t18-/m0/s1. The maximum Gasteiger partial charge on any atom is 0.262 e. The Hall–Kier alpha value is -1.77. The van der Waals surface area contributed by atoms with Gasteiger partial charge in [-0.1, -0.05) is 24.3 Å². The fourth-order valence-electron chi connectivity index (χ4n) is 3.24. The maximum absolute atomic E-state index is 12.6. The van der Waals surface area contributed by atoms with Crippen LogP contribution in [0.25, 0.3) is 10.4 Å². The second-order valence-corrected chi connectivity index (χ2v) is 8.23. The molecule has 0 saturated carbocycles. The topological polar surface area (TPSA) is 52.9 Å². The van der Waals surface area contributed by atoms with Crippen LogP contribution in [-0.2, 0) is 12.8 Å². The maximum atomic E-state index is 12.6. The van der Waals surface area contributed by atoms with Crippen LogP contribution < -0.4 is 5.32 Å². The van der Waals surface area contributed by atoms with Gasteiger partial charge in [-0.2, -0.15) is 17.0 Å². The number of thiophene rings is 1. The van der Waals surface area contributed by atoms with E-state index in [1.54, 1.807) is 23.1 Å². The van der Waals surface area contributed by atoms with Gasteiger partial charge in [0, 0.05) is 10.6 Å². The van der Waals surface area contributed by atoms with Crippen LogP contribution in [0.2, 0.25) is 0 Å². The lowest BCUT2D eigenvalue weighted by molar-refractivity contribution is 0.0930. The van der Waals surface area contributed by atoms with Crippen molar-refractivity contribution in [3.05, 3.63) is 46.3 Å². The zero-order chi connectivity index (χ0) is 15.9. The SMILES string of the molecule is N#C[C@@]1(NC(=O)c2cc3c(s2)-c2ccccc2CC3)CCSC1. The zero-order valence-corrected chi connectivity index (χ0v) is 14.2. The number of benzene rings is 1. The summed E-state index contributed by atoms with van der Waals surface area (Å²) in [5, 5.41) is 12.4. The predicted molar refractivity (Wildman–Crippen MR) is 94.9 cm³/mol. The Morgan fingerprint density at radius 2 is 2.09 bits per heavy atom. The average molecular weight is 340 g/mol. The number of carbonyl (C=O) groups excluding carboxylic acids is 1. The van der Waals surface area contributed by atoms with E-state index in [0.717, 1.165) is 29.9 Å². The first-order valence-corrected chi connectivity index (χ1v) is 9.70. The molecule has 0 bridgehead atoms. The van der Waals surface area contributed by atoms with Gasteiger partial charge in [0.25, 0.3) is 5.91 Å². The minimum absolute atomic E-state index is 0.106. The predicted octanol–water partition coefficient (Wildman–Crippen LogP) is 3.64. The Balaban J connectivity index is 1.64. The van der Waals surface area contributed by atoms with Gasteiger partial charge in [0.15, 0.2) is 0 Å². The van der Waals surface area contributed by atoms with Gasteiger partial charge in [-0.25, -0.2) is 0 Å². The van der Waals surface area contributed by atoms with E-state index in [-0.39, 0.29) is 5.91 Å². The highest BCUT2D eigenvalue weighted by Crippen LogP contribution is 2.39. The first kappa shape index (κ1) is 14.8. The fourth-order valence-corrected chi connectivity index (χ4v) is 5.67. The summed E-state index contributed by atoms with van der Waals surface area (Å²) in [6.45, 7) is 0. The van der Waals surface area contributed by atoms with Crippen molar-refractivity contribution in [1.29, 1.82) is 5.26 Å². The second-order valence-electron chi connectivity index (χ2n) is 6.07. The van der Waals surface area contributed by atoms with E-state index in [0.29, 0.717) is 5.75 Å². The molecule has 116 valence electrons. The molecule has 1 fully saturated rings. The summed E-state index contributed by atoms with van der Waals surface area (Å²) in [6.07, 6.45) is 2.74. The van der Waals surface area contributed by atoms with Gasteiger partial charge >= 0.3 is 0 Å². The Kier molecular flexibility index (Phi) is 3.67. The molecule has 5 heteroatoms. The number of nitriles is 1. The zero-order valence-electron chi connectivity index (χ0n) is 12.6. The third kappa shape index (κ3) is 2.56. The number of thioether (sulfide) groups is 1. The van der Waals surface area contributed by atoms with Crippen molar-refractivity contribution in [3.8, 4) is 16.5 Å². The summed E-state index contributed by atoms with van der Waals surface area (Å²) < 4.78 is 0. The number of hydrogen-bond donors (Lipinski definition) is 1. The van der Waals surface area contributed by atoms with E-state index >= 15 is 0 Å². The Bertz CT molecular complexity index is 813. The van der Waals surface area contributed by atoms with Crippen LogP contribution in [0.4, 0.5) is 0 Å². The van der Waals surface area contributed by atoms with Gasteiger partial charge in [0.05, 0.1) is 10.9 Å². The molecule has 4 rings (SSSR count). The fraction of sp³-hybridized carbons (Fsp3) is 0.333. The molecule has 1 aliphatic carbocycles. The van der Waals surface area contributed by atoms with Crippen LogP contribution in [0.15, 0.2) is 30.3 Å². The van der Waals surface area contributed by atoms with Crippen molar-refractivity contribution < 1.29 is 4.79 Å². The minimum atomic E-state index is -0.690. The molecule has 1 saturated heterocycles. The normalized spacial score (nSPS) is 22.0. The van der Waals surface area contributed by atoms with E-state index in [9.17, 15) is 10.1 Å². The number of amides is 1. The summed E-state index contributed by atoms with van der Waals surface area (Å²) in [6, 6.07) is 12.7. The largest absolute Gasteiger partial charge is 0.332 e. The second kappa shape index (κ2) is 5.70. The Morgan fingerprint density at radius 3 is 2.87 bits per heavy atom. The first-order chi connectivity index (χ1) is 11.2. The molecule has 1 aromatic heterocycles. The summed E-state index contributed by atoms with van der Waals surface area (Å²) in [5.74, 6) is 1.51. The number of carbonyl (C=O) groups is 1. The number of fused-ring (bicyclic) bond motifs is 3. The van der Waals surface area contributed by atoms with Crippen molar-refractivity contribution in [2.24, 2.45) is 0 Å². The quantitative estimate of drug-likeness (QED) is 0.908. The van der Waals surface area contributed by atoms with Gasteiger partial charge < -0.3 is 5.32 Å². The Labute approximate surface area is 143 Å². The number of nitrogens with zero attached hydrogens (tertiary/aromatic N) is 1. The van der Waals surface area contributed by atoms with Crippen molar-refractivity contribution in [1.82, 2.24) is 5.32 Å². The monoisotopic (exact) mass is 340 g/mol. The average Bonchev–Trinajstić information content (AvgIpc) is 3.22. The molecule has 1 N–H and O–H groups in total. The molecule has 23 heavy (non-hydrogen) atoms. The summed E-state index contributed by atoms with van der Waals surface area (Å²) >= 11 is 3.28. The van der Waals surface area contributed by atoms with E-state index in [2.05, 4.69) is 29.6 Å². The first-order valence-electron chi connectivity index (χ1n) is 7.73. The molecule has 1 amide bonds. The molecule has 0 radical (unpaired) electrons. The van der Waals surface area contributed by atoms with E-state index < -0.39 is 5.54 Å². The third-order valence-electron chi connectivity index (χ3n) is 4.55. The number of hydrogen-bond acceptors (Lipinski definition) is 4. The van der Waals surface area contributed by atoms with Crippen LogP contribution in [0.3, 0.4) is 0 Å². The number of nitrogens with one attached hydrogen (secondary N) is 1. The summed E-state index contributed by atoms with van der Waals surface area (Å²) in [7, 11) is 0. The molecule has 0 unspecified atom stereocenters. The molecular formula is C18H16N2OS2. The smallest absolute Gasteiger partial charge is 0.262 e. The Morgan fingerprint density at radius 1 is 1.26 bits per heavy atom. The molecule has 1 aromatic carbocycles. The molecule has 2 aromatic rings. The van der Waals surface area contributed by atoms with Gasteiger partial charge in [-0.15, -0.1) is 11.3 Å². The van der Waals surface area contributed by atoms with Gasteiger partial charge in [0.1, 0.15) is 5.54 Å². The van der Waals surface area contributed by atoms with Gasteiger partial charge in [0.2, 0.25) is 0 Å². The highest BCUT2D eigenvalue weighted by Gasteiger charge is 2.36. The van der Waals surface area contributed by atoms with Crippen molar-refractivity contribution >= 4 is 29.0 Å². The van der Waals surface area contributed by atoms with Gasteiger partial charge in [-0.3, -0.25) is 4.79 Å². The molecule has 2 aliphatic rings. The molecular weight excluding hydrogens is 324 g/mol. The minimum Gasteiger partial charge on any atom is -0.332 e. The lowest BCUT2D eigenvalue weighted by Crippen LogP contribution is -2.47. The lowest BCUT2D eigenvalue weighted by atomic mass is 9.91. The molecule has 3 nitrogen and oxygen atoms in total. The van der Waals surface area contributed by atoms with Crippen molar-refractivity contribution in [2.75, 3.05) is 11.5 Å². The summed E-state index contributed by atoms with van der Waals surface area (Å²) in [5.41, 5.74) is 3.17. The van der Waals surface area contributed by atoms with Crippen LogP contribution in [0.1, 0.15) is 27.2 Å². The van der Waals surface area contributed by atoms with Gasteiger partial charge in [-0.05, 0) is 47.8 Å². The van der Waals surface area contributed by atoms with Crippen molar-refractivity contribution in [3.63, 3.8) is 0 Å². The molecule has 1 aliphatic heterocycles. The van der Waals surface area contributed by atoms with Crippen LogP contribution in [0, 0.1) is 11.3 Å². The molecule has 1 atom stereocenters. The molecule has 2 heterocycles. The van der Waals surface area contributed by atoms with E-state index in [4.69, 9.17) is 0 Å². The van der Waals surface area contributed by atoms with Crippen LogP contribution in [0.5, 0.6) is 0 Å².